The van der Waals surface area contributed by atoms with Gasteiger partial charge in [-0.3, -0.25) is 9.36 Å². The van der Waals surface area contributed by atoms with Crippen LogP contribution in [0.2, 0.25) is 0 Å². The molecular weight excluding hydrogens is 510 g/mol. The molecule has 1 aliphatic heterocycles. The molecule has 0 aromatic carbocycles. The molecule has 0 bridgehead atoms. The van der Waals surface area contributed by atoms with Gasteiger partial charge in [0, 0.05) is 12.6 Å². The third kappa shape index (κ3) is 13.2. The molecule has 4 atom stereocenters. The van der Waals surface area contributed by atoms with E-state index >= 15 is 0 Å². The summed E-state index contributed by atoms with van der Waals surface area (Å²) in [6.07, 6.45) is 21.7. The Morgan fingerprint density at radius 1 is 0.825 bits per heavy atom. The number of hydrogen-bond acceptors (Lipinski definition) is 7. The predicted molar refractivity (Wildman–Crippen MR) is 158 cm³/mol. The standard InChI is InChI=1S/C31H55N3O6/c1-2-3-4-5-6-7-8-9-10-11-12-13-14-15-16-17-18-19-20-21-27(36)32-26-22-23-34(31(39)33-26)30-29(38)28(37)25(24-35)40-30/h22-23,25,28-30,35,37-38H,2-21,24H2,1H3,(H,32,33,36,39). The van der Waals surface area contributed by atoms with Gasteiger partial charge in [-0.25, -0.2) is 4.79 Å². The molecule has 1 saturated heterocycles. The van der Waals surface area contributed by atoms with Crippen molar-refractivity contribution in [2.75, 3.05) is 11.9 Å². The summed E-state index contributed by atoms with van der Waals surface area (Å²) in [5.74, 6) is -0.0552. The number of nitrogens with zero attached hydrogens (tertiary/aromatic N) is 2. The second-order valence-electron chi connectivity index (χ2n) is 11.4. The second-order valence-corrected chi connectivity index (χ2v) is 11.4. The van der Waals surface area contributed by atoms with Crippen LogP contribution in [-0.2, 0) is 9.53 Å². The van der Waals surface area contributed by atoms with Gasteiger partial charge in [0.2, 0.25) is 5.91 Å². The molecule has 2 heterocycles. The summed E-state index contributed by atoms with van der Waals surface area (Å²) in [6.45, 7) is 1.79. The van der Waals surface area contributed by atoms with E-state index in [1.807, 2.05) is 0 Å². The van der Waals surface area contributed by atoms with Gasteiger partial charge in [0.25, 0.3) is 0 Å². The van der Waals surface area contributed by atoms with E-state index in [4.69, 9.17) is 4.74 Å². The molecule has 0 aliphatic carbocycles. The third-order valence-electron chi connectivity index (χ3n) is 7.90. The van der Waals surface area contributed by atoms with Crippen molar-refractivity contribution in [2.45, 2.75) is 160 Å². The van der Waals surface area contributed by atoms with E-state index in [2.05, 4.69) is 17.2 Å². The lowest BCUT2D eigenvalue weighted by Crippen LogP contribution is -2.36. The Bertz CT molecular complexity index is 864. The molecule has 1 aromatic heterocycles. The van der Waals surface area contributed by atoms with Crippen molar-refractivity contribution in [1.82, 2.24) is 9.55 Å². The van der Waals surface area contributed by atoms with Gasteiger partial charge in [0.05, 0.1) is 6.61 Å². The summed E-state index contributed by atoms with van der Waals surface area (Å²) in [5, 5.41) is 31.8. The average molecular weight is 566 g/mol. The minimum Gasteiger partial charge on any atom is -0.394 e. The first-order valence-electron chi connectivity index (χ1n) is 16.0. The zero-order valence-electron chi connectivity index (χ0n) is 24.8. The molecule has 1 amide bonds. The highest BCUT2D eigenvalue weighted by Gasteiger charge is 2.43. The summed E-state index contributed by atoms with van der Waals surface area (Å²) in [7, 11) is 0. The SMILES string of the molecule is CCCCCCCCCCCCCCCCCCCCCC(=O)Nc1ccn(C2OC(CO)C(O)C2O)c(=O)n1. The first-order valence-corrected chi connectivity index (χ1v) is 16.0. The lowest BCUT2D eigenvalue weighted by molar-refractivity contribution is -0.116. The monoisotopic (exact) mass is 565 g/mol. The number of amides is 1. The van der Waals surface area contributed by atoms with Crippen molar-refractivity contribution < 1.29 is 24.9 Å². The van der Waals surface area contributed by atoms with Gasteiger partial charge in [0.15, 0.2) is 6.23 Å². The number of unbranched alkanes of at least 4 members (excludes halogenated alkanes) is 18. The fourth-order valence-electron chi connectivity index (χ4n) is 5.36. The van der Waals surface area contributed by atoms with E-state index < -0.39 is 36.8 Å². The summed E-state index contributed by atoms with van der Waals surface area (Å²) in [4.78, 5) is 28.4. The normalized spacial score (nSPS) is 20.7. The maximum Gasteiger partial charge on any atom is 0.351 e. The van der Waals surface area contributed by atoms with E-state index in [1.165, 1.54) is 115 Å². The van der Waals surface area contributed by atoms with Crippen molar-refractivity contribution in [1.29, 1.82) is 0 Å². The van der Waals surface area contributed by atoms with Crippen molar-refractivity contribution in [3.8, 4) is 0 Å². The van der Waals surface area contributed by atoms with E-state index in [1.54, 1.807) is 0 Å². The van der Waals surface area contributed by atoms with Crippen molar-refractivity contribution in [2.24, 2.45) is 0 Å². The molecule has 0 radical (unpaired) electrons. The molecule has 230 valence electrons. The minimum absolute atomic E-state index is 0.135. The Kier molecular flexibility index (Phi) is 18.0. The second kappa shape index (κ2) is 21.0. The molecule has 1 fully saturated rings. The Morgan fingerprint density at radius 2 is 1.30 bits per heavy atom. The van der Waals surface area contributed by atoms with E-state index in [9.17, 15) is 24.9 Å². The molecule has 4 unspecified atom stereocenters. The van der Waals surface area contributed by atoms with Crippen LogP contribution in [0.4, 0.5) is 5.82 Å². The zero-order valence-corrected chi connectivity index (χ0v) is 24.8. The molecular formula is C31H55N3O6. The number of aliphatic hydroxyl groups excluding tert-OH is 3. The zero-order chi connectivity index (χ0) is 29.0. The summed E-state index contributed by atoms with van der Waals surface area (Å²) >= 11 is 0. The van der Waals surface area contributed by atoms with Gasteiger partial charge in [0.1, 0.15) is 24.1 Å². The third-order valence-corrected chi connectivity index (χ3v) is 7.90. The van der Waals surface area contributed by atoms with Crippen LogP contribution in [0.5, 0.6) is 0 Å². The van der Waals surface area contributed by atoms with Crippen molar-refractivity contribution in [3.05, 3.63) is 22.7 Å². The van der Waals surface area contributed by atoms with Crippen molar-refractivity contribution in [3.63, 3.8) is 0 Å². The number of carbonyl (C=O) groups excluding carboxylic acids is 1. The lowest BCUT2D eigenvalue weighted by Gasteiger charge is -2.17. The summed E-state index contributed by atoms with van der Waals surface area (Å²) < 4.78 is 6.40. The van der Waals surface area contributed by atoms with Gasteiger partial charge < -0.3 is 25.4 Å². The number of aromatic nitrogens is 2. The molecule has 0 saturated carbocycles. The van der Waals surface area contributed by atoms with Crippen LogP contribution in [0.1, 0.15) is 142 Å². The van der Waals surface area contributed by atoms with Crippen LogP contribution in [0.15, 0.2) is 17.1 Å². The van der Waals surface area contributed by atoms with Crippen molar-refractivity contribution >= 4 is 11.7 Å². The van der Waals surface area contributed by atoms with Crippen LogP contribution in [0.25, 0.3) is 0 Å². The molecule has 4 N–H and O–H groups in total. The molecule has 1 aliphatic rings. The number of anilines is 1. The first-order chi connectivity index (χ1) is 19.5. The van der Waals surface area contributed by atoms with Crippen LogP contribution in [0.3, 0.4) is 0 Å². The highest BCUT2D eigenvalue weighted by Crippen LogP contribution is 2.28. The fourth-order valence-corrected chi connectivity index (χ4v) is 5.36. The minimum atomic E-state index is -1.37. The Hall–Kier alpha value is -1.81. The van der Waals surface area contributed by atoms with Gasteiger partial charge in [-0.1, -0.05) is 122 Å². The first kappa shape index (κ1) is 34.4. The quantitative estimate of drug-likeness (QED) is 0.127. The molecule has 2 rings (SSSR count). The van der Waals surface area contributed by atoms with Crippen LogP contribution >= 0.6 is 0 Å². The van der Waals surface area contributed by atoms with Crippen LogP contribution in [0, 0.1) is 0 Å². The predicted octanol–water partition coefficient (Wildman–Crippen LogP) is 5.62. The average Bonchev–Trinajstić information content (AvgIpc) is 3.23. The topological polar surface area (TPSA) is 134 Å². The molecule has 40 heavy (non-hydrogen) atoms. The molecule has 9 heteroatoms. The van der Waals surface area contributed by atoms with E-state index in [0.29, 0.717) is 6.42 Å². The van der Waals surface area contributed by atoms with E-state index in [-0.39, 0.29) is 11.7 Å². The van der Waals surface area contributed by atoms with Crippen LogP contribution < -0.4 is 11.0 Å². The highest BCUT2D eigenvalue weighted by atomic mass is 16.6. The number of nitrogens with one attached hydrogen (secondary N) is 1. The smallest absolute Gasteiger partial charge is 0.351 e. The summed E-state index contributed by atoms with van der Waals surface area (Å²) in [5.41, 5.74) is -0.726. The number of rotatable bonds is 23. The highest BCUT2D eigenvalue weighted by molar-refractivity contribution is 5.89. The summed E-state index contributed by atoms with van der Waals surface area (Å²) in [6, 6.07) is 1.45. The maximum absolute atomic E-state index is 12.4. The number of hydrogen-bond donors (Lipinski definition) is 4. The van der Waals surface area contributed by atoms with Gasteiger partial charge in [-0.05, 0) is 12.5 Å². The van der Waals surface area contributed by atoms with Gasteiger partial charge in [-0.2, -0.15) is 4.98 Å². The molecule has 1 aromatic rings. The lowest BCUT2D eigenvalue weighted by atomic mass is 10.0. The Morgan fingerprint density at radius 3 is 1.73 bits per heavy atom. The maximum atomic E-state index is 12.4. The largest absolute Gasteiger partial charge is 0.394 e. The molecule has 0 spiro atoms. The Balaban J connectivity index is 1.43. The number of ether oxygens (including phenoxy) is 1. The fraction of sp³-hybridized carbons (Fsp3) is 0.839. The van der Waals surface area contributed by atoms with Crippen LogP contribution in [-0.4, -0.2) is 55.7 Å². The van der Waals surface area contributed by atoms with Gasteiger partial charge >= 0.3 is 5.69 Å². The Labute approximate surface area is 240 Å². The number of aliphatic hydroxyl groups is 3. The number of carbonyl (C=O) groups is 1. The molecule has 9 nitrogen and oxygen atoms in total. The van der Waals surface area contributed by atoms with E-state index in [0.717, 1.165) is 23.8 Å². The van der Waals surface area contributed by atoms with Gasteiger partial charge in [-0.15, -0.1) is 0 Å².